The van der Waals surface area contributed by atoms with Crippen molar-refractivity contribution in [3.8, 4) is 0 Å². The van der Waals surface area contributed by atoms with Gasteiger partial charge in [-0.2, -0.15) is 5.10 Å². The number of carbonyl (C=O) groups is 2. The lowest BCUT2D eigenvalue weighted by atomic mass is 10.0. The Morgan fingerprint density at radius 1 is 1.25 bits per heavy atom. The van der Waals surface area contributed by atoms with Gasteiger partial charge in [0, 0.05) is 38.3 Å². The van der Waals surface area contributed by atoms with Gasteiger partial charge in [0.1, 0.15) is 11.8 Å². The molecule has 8 heteroatoms. The number of benzene rings is 1. The van der Waals surface area contributed by atoms with Crippen LogP contribution in [0.15, 0.2) is 59.5 Å². The number of pyridine rings is 1. The van der Waals surface area contributed by atoms with Crippen molar-refractivity contribution in [2.24, 2.45) is 5.10 Å². The molecule has 28 heavy (non-hydrogen) atoms. The summed E-state index contributed by atoms with van der Waals surface area (Å²) in [7, 11) is 3.14. The number of aliphatic hydroxyl groups excluding tert-OH is 1. The van der Waals surface area contributed by atoms with Crippen molar-refractivity contribution < 1.29 is 14.7 Å². The topological polar surface area (TPSA) is 107 Å². The Morgan fingerprint density at radius 3 is 2.54 bits per heavy atom. The molecule has 0 radical (unpaired) electrons. The lowest BCUT2D eigenvalue weighted by Crippen LogP contribution is -2.25. The minimum atomic E-state index is -1.08. The number of allylic oxidation sites excluding steroid dienone is 1. The van der Waals surface area contributed by atoms with Crippen molar-refractivity contribution in [3.05, 3.63) is 76.9 Å². The number of amides is 2. The average molecular weight is 381 g/mol. The van der Waals surface area contributed by atoms with E-state index < -0.39 is 17.9 Å². The predicted molar refractivity (Wildman–Crippen MR) is 107 cm³/mol. The van der Waals surface area contributed by atoms with Gasteiger partial charge in [-0.25, -0.2) is 4.98 Å². The minimum absolute atomic E-state index is 0.0339. The number of hydrogen-bond acceptors (Lipinski definition) is 6. The maximum atomic E-state index is 12.6. The second-order valence-electron chi connectivity index (χ2n) is 6.04. The van der Waals surface area contributed by atoms with E-state index in [0.29, 0.717) is 11.3 Å². The zero-order valence-electron chi connectivity index (χ0n) is 16.0. The van der Waals surface area contributed by atoms with E-state index in [1.54, 1.807) is 44.4 Å². The summed E-state index contributed by atoms with van der Waals surface area (Å²) in [6, 6.07) is 11.7. The molecular weight excluding hydrogens is 358 g/mol. The number of hydrogen-bond donors (Lipinski definition) is 3. The predicted octanol–water partition coefficient (Wildman–Crippen LogP) is 1.66. The molecule has 0 spiro atoms. The largest absolute Gasteiger partial charge is 0.382 e. The molecule has 0 aliphatic rings. The van der Waals surface area contributed by atoms with Crippen molar-refractivity contribution in [1.29, 1.82) is 0 Å². The van der Waals surface area contributed by atoms with E-state index in [-0.39, 0.29) is 17.0 Å². The third kappa shape index (κ3) is 5.24. The highest BCUT2D eigenvalue weighted by molar-refractivity contribution is 5.99. The lowest BCUT2D eigenvalue weighted by molar-refractivity contribution is 0.0957. The van der Waals surface area contributed by atoms with Gasteiger partial charge in [-0.3, -0.25) is 14.6 Å². The SMILES string of the molecule is C=NN(C)/C=C(\C)NC(=O)c1cc(C(=O)NC)nc([C@H](O)c2ccccc2)c1. The number of hydrazone groups is 1. The first-order valence-corrected chi connectivity index (χ1v) is 8.52. The fourth-order valence-electron chi connectivity index (χ4n) is 2.48. The van der Waals surface area contributed by atoms with Crippen LogP contribution in [-0.2, 0) is 0 Å². The van der Waals surface area contributed by atoms with E-state index in [2.05, 4.69) is 27.4 Å². The number of aromatic nitrogens is 1. The highest BCUT2D eigenvalue weighted by atomic mass is 16.3. The van der Waals surface area contributed by atoms with Gasteiger partial charge in [0.25, 0.3) is 11.8 Å². The van der Waals surface area contributed by atoms with Crippen LogP contribution < -0.4 is 10.6 Å². The highest BCUT2D eigenvalue weighted by Gasteiger charge is 2.19. The van der Waals surface area contributed by atoms with Crippen LogP contribution in [0.25, 0.3) is 0 Å². The van der Waals surface area contributed by atoms with Gasteiger partial charge in [0.05, 0.1) is 5.69 Å². The Morgan fingerprint density at radius 2 is 1.93 bits per heavy atom. The molecule has 0 saturated heterocycles. The van der Waals surface area contributed by atoms with Crippen molar-refractivity contribution in [3.63, 3.8) is 0 Å². The van der Waals surface area contributed by atoms with E-state index in [0.717, 1.165) is 0 Å². The molecule has 2 aromatic rings. The van der Waals surface area contributed by atoms with Crippen molar-refractivity contribution in [1.82, 2.24) is 20.6 Å². The van der Waals surface area contributed by atoms with Gasteiger partial charge in [-0.05, 0) is 24.6 Å². The standard InChI is InChI=1S/C20H23N5O3/c1-13(12-25(4)22-3)23-19(27)15-10-16(24-17(11-15)20(28)21-2)18(26)14-8-6-5-7-9-14/h5-12,18,26H,3H2,1-2,4H3,(H,21,28)(H,23,27)/b13-12+/t18-/m1/s1. The molecule has 0 aliphatic carbocycles. The molecule has 146 valence electrons. The molecule has 1 aromatic carbocycles. The zero-order chi connectivity index (χ0) is 20.7. The summed E-state index contributed by atoms with van der Waals surface area (Å²) in [5.41, 5.74) is 1.56. The summed E-state index contributed by atoms with van der Waals surface area (Å²) in [5.74, 6) is -0.903. The maximum Gasteiger partial charge on any atom is 0.269 e. The van der Waals surface area contributed by atoms with Crippen LogP contribution >= 0.6 is 0 Å². The van der Waals surface area contributed by atoms with Crippen LogP contribution in [0.4, 0.5) is 0 Å². The first-order valence-electron chi connectivity index (χ1n) is 8.52. The fourth-order valence-corrected chi connectivity index (χ4v) is 2.48. The minimum Gasteiger partial charge on any atom is -0.382 e. The highest BCUT2D eigenvalue weighted by Crippen LogP contribution is 2.22. The summed E-state index contributed by atoms with van der Waals surface area (Å²) in [5, 5.41) is 21.0. The molecule has 3 N–H and O–H groups in total. The summed E-state index contributed by atoms with van der Waals surface area (Å²) in [6.07, 6.45) is 0.510. The quantitative estimate of drug-likeness (QED) is 0.499. The van der Waals surface area contributed by atoms with Crippen LogP contribution in [0.2, 0.25) is 0 Å². The summed E-state index contributed by atoms with van der Waals surface area (Å²) >= 11 is 0. The number of aliphatic hydroxyl groups is 1. The molecule has 2 rings (SSSR count). The van der Waals surface area contributed by atoms with Crippen molar-refractivity contribution in [2.75, 3.05) is 14.1 Å². The summed E-state index contributed by atoms with van der Waals surface area (Å²) in [6.45, 7) is 5.08. The van der Waals surface area contributed by atoms with E-state index in [9.17, 15) is 14.7 Å². The molecule has 1 atom stereocenters. The second kappa shape index (κ2) is 9.43. The molecule has 0 saturated carbocycles. The van der Waals surface area contributed by atoms with Crippen LogP contribution in [0.5, 0.6) is 0 Å². The number of nitrogens with zero attached hydrogens (tertiary/aromatic N) is 3. The number of nitrogens with one attached hydrogen (secondary N) is 2. The summed E-state index contributed by atoms with van der Waals surface area (Å²) < 4.78 is 0. The van der Waals surface area contributed by atoms with Gasteiger partial charge < -0.3 is 15.7 Å². The average Bonchev–Trinajstić information content (AvgIpc) is 2.72. The molecule has 0 fully saturated rings. The lowest BCUT2D eigenvalue weighted by Gasteiger charge is -2.14. The first-order chi connectivity index (χ1) is 13.3. The molecule has 8 nitrogen and oxygen atoms in total. The monoisotopic (exact) mass is 381 g/mol. The van der Waals surface area contributed by atoms with E-state index in [1.807, 2.05) is 6.07 Å². The Bertz CT molecular complexity index is 896. The summed E-state index contributed by atoms with van der Waals surface area (Å²) in [4.78, 5) is 28.9. The van der Waals surface area contributed by atoms with E-state index in [1.165, 1.54) is 24.2 Å². The normalized spacial score (nSPS) is 12.1. The smallest absolute Gasteiger partial charge is 0.269 e. The molecule has 0 aliphatic heterocycles. The second-order valence-corrected chi connectivity index (χ2v) is 6.04. The molecule has 2 amide bonds. The number of carbonyl (C=O) groups excluding carboxylic acids is 2. The Kier molecular flexibility index (Phi) is 7.00. The van der Waals surface area contributed by atoms with Crippen LogP contribution in [0.3, 0.4) is 0 Å². The Balaban J connectivity index is 2.40. The van der Waals surface area contributed by atoms with E-state index in [4.69, 9.17) is 0 Å². The van der Waals surface area contributed by atoms with Gasteiger partial charge in [-0.1, -0.05) is 30.3 Å². The van der Waals surface area contributed by atoms with Gasteiger partial charge in [-0.15, -0.1) is 0 Å². The third-order valence-electron chi connectivity index (χ3n) is 3.88. The third-order valence-corrected chi connectivity index (χ3v) is 3.88. The molecule has 0 unspecified atom stereocenters. The first kappa shape index (κ1) is 20.8. The van der Waals surface area contributed by atoms with Crippen molar-refractivity contribution in [2.45, 2.75) is 13.0 Å². The van der Waals surface area contributed by atoms with Crippen LogP contribution in [-0.4, -0.2) is 47.7 Å². The van der Waals surface area contributed by atoms with Crippen LogP contribution in [0.1, 0.15) is 45.1 Å². The Hall–Kier alpha value is -3.52. The van der Waals surface area contributed by atoms with Gasteiger partial charge in [0.15, 0.2) is 0 Å². The fraction of sp³-hybridized carbons (Fsp3) is 0.200. The molecule has 0 bridgehead atoms. The maximum absolute atomic E-state index is 12.6. The van der Waals surface area contributed by atoms with E-state index >= 15 is 0 Å². The molecule has 1 aromatic heterocycles. The van der Waals surface area contributed by atoms with Gasteiger partial charge in [0.2, 0.25) is 0 Å². The zero-order valence-corrected chi connectivity index (χ0v) is 16.0. The molecular formula is C20H23N5O3. The Labute approximate surface area is 163 Å². The molecule has 1 heterocycles. The van der Waals surface area contributed by atoms with Crippen LogP contribution in [0, 0.1) is 0 Å². The van der Waals surface area contributed by atoms with Crippen molar-refractivity contribution >= 4 is 18.5 Å². The van der Waals surface area contributed by atoms with Gasteiger partial charge >= 0.3 is 0 Å². The number of rotatable bonds is 7.